The second-order valence-corrected chi connectivity index (χ2v) is 4.26. The minimum absolute atomic E-state index is 0.175. The maximum atomic E-state index is 10.9. The van der Waals surface area contributed by atoms with Crippen molar-refractivity contribution < 1.29 is 9.90 Å². The van der Waals surface area contributed by atoms with Crippen LogP contribution in [0, 0.1) is 5.41 Å². The van der Waals surface area contributed by atoms with Crippen LogP contribution in [0.25, 0.3) is 0 Å². The molecule has 1 heterocycles. The number of carboxylic acids is 1. The van der Waals surface area contributed by atoms with Gasteiger partial charge < -0.3 is 10.4 Å². The lowest BCUT2D eigenvalue weighted by atomic mass is 10.1. The summed E-state index contributed by atoms with van der Waals surface area (Å²) in [7, 11) is 0. The van der Waals surface area contributed by atoms with Crippen molar-refractivity contribution in [2.24, 2.45) is 5.41 Å². The molecule has 0 amide bonds. The van der Waals surface area contributed by atoms with Crippen LogP contribution in [-0.4, -0.2) is 27.8 Å². The molecule has 0 saturated heterocycles. The molecule has 2 N–H and O–H groups in total. The summed E-state index contributed by atoms with van der Waals surface area (Å²) in [6.07, 6.45) is 3.75. The van der Waals surface area contributed by atoms with E-state index in [4.69, 9.17) is 5.11 Å². The van der Waals surface area contributed by atoms with Gasteiger partial charge in [-0.05, 0) is 24.3 Å². The zero-order chi connectivity index (χ0) is 10.9. The van der Waals surface area contributed by atoms with E-state index in [1.807, 2.05) is 0 Å². The van der Waals surface area contributed by atoms with Crippen LogP contribution in [-0.2, 0) is 0 Å². The van der Waals surface area contributed by atoms with Gasteiger partial charge in [0.05, 0.1) is 6.20 Å². The fraction of sp³-hybridized carbons (Fsp3) is 0.500. The SMILES string of the molecule is CC1(CNc2nnccc2C(=O)O)CC1. The summed E-state index contributed by atoms with van der Waals surface area (Å²) in [5, 5.41) is 19.4. The summed E-state index contributed by atoms with van der Waals surface area (Å²) >= 11 is 0. The molecular weight excluding hydrogens is 194 g/mol. The molecule has 1 saturated carbocycles. The number of aromatic carboxylic acids is 1. The Kier molecular flexibility index (Phi) is 2.30. The minimum atomic E-state index is -0.978. The highest BCUT2D eigenvalue weighted by Gasteiger charge is 2.37. The smallest absolute Gasteiger partial charge is 0.339 e. The molecular formula is C10H13N3O2. The number of carbonyl (C=O) groups is 1. The molecule has 1 fully saturated rings. The Morgan fingerprint density at radius 3 is 3.00 bits per heavy atom. The topological polar surface area (TPSA) is 75.1 Å². The molecule has 80 valence electrons. The molecule has 0 radical (unpaired) electrons. The Morgan fingerprint density at radius 2 is 2.40 bits per heavy atom. The first-order valence-electron chi connectivity index (χ1n) is 4.90. The average Bonchev–Trinajstić information content (AvgIpc) is 2.95. The maximum Gasteiger partial charge on any atom is 0.339 e. The Hall–Kier alpha value is -1.65. The fourth-order valence-electron chi connectivity index (χ4n) is 1.32. The molecule has 0 unspecified atom stereocenters. The molecule has 0 atom stereocenters. The zero-order valence-electron chi connectivity index (χ0n) is 8.53. The van der Waals surface area contributed by atoms with Gasteiger partial charge in [0.1, 0.15) is 5.56 Å². The van der Waals surface area contributed by atoms with Crippen LogP contribution in [0.5, 0.6) is 0 Å². The summed E-state index contributed by atoms with van der Waals surface area (Å²) in [6, 6.07) is 1.45. The number of nitrogens with zero attached hydrogens (tertiary/aromatic N) is 2. The maximum absolute atomic E-state index is 10.9. The summed E-state index contributed by atoms with van der Waals surface area (Å²) < 4.78 is 0. The van der Waals surface area contributed by atoms with Crippen LogP contribution in [0.2, 0.25) is 0 Å². The normalized spacial score (nSPS) is 17.1. The van der Waals surface area contributed by atoms with E-state index in [9.17, 15) is 4.79 Å². The van der Waals surface area contributed by atoms with Crippen LogP contribution in [0.4, 0.5) is 5.82 Å². The van der Waals surface area contributed by atoms with E-state index in [2.05, 4.69) is 22.4 Å². The predicted molar refractivity (Wildman–Crippen MR) is 54.8 cm³/mol. The zero-order valence-corrected chi connectivity index (χ0v) is 8.53. The molecule has 5 nitrogen and oxygen atoms in total. The molecule has 0 aliphatic heterocycles. The van der Waals surface area contributed by atoms with E-state index < -0.39 is 5.97 Å². The minimum Gasteiger partial charge on any atom is -0.478 e. The highest BCUT2D eigenvalue weighted by Crippen LogP contribution is 2.44. The lowest BCUT2D eigenvalue weighted by Gasteiger charge is -2.11. The summed E-state index contributed by atoms with van der Waals surface area (Å²) in [6.45, 7) is 2.92. The quantitative estimate of drug-likeness (QED) is 0.780. The molecule has 1 aromatic heterocycles. The first-order valence-corrected chi connectivity index (χ1v) is 4.90. The second kappa shape index (κ2) is 3.49. The van der Waals surface area contributed by atoms with Crippen molar-refractivity contribution in [3.63, 3.8) is 0 Å². The molecule has 15 heavy (non-hydrogen) atoms. The van der Waals surface area contributed by atoms with Crippen molar-refractivity contribution in [1.29, 1.82) is 0 Å². The number of aromatic nitrogens is 2. The molecule has 1 aliphatic carbocycles. The van der Waals surface area contributed by atoms with Gasteiger partial charge in [-0.25, -0.2) is 4.79 Å². The van der Waals surface area contributed by atoms with E-state index in [0.29, 0.717) is 11.2 Å². The summed E-state index contributed by atoms with van der Waals surface area (Å²) in [5.41, 5.74) is 0.488. The lowest BCUT2D eigenvalue weighted by Crippen LogP contribution is -2.15. The lowest BCUT2D eigenvalue weighted by molar-refractivity contribution is 0.0697. The summed E-state index contributed by atoms with van der Waals surface area (Å²) in [4.78, 5) is 10.9. The van der Waals surface area contributed by atoms with E-state index >= 15 is 0 Å². The number of hydrogen-bond acceptors (Lipinski definition) is 4. The van der Waals surface area contributed by atoms with Crippen molar-refractivity contribution in [1.82, 2.24) is 10.2 Å². The Bertz CT molecular complexity index is 388. The van der Waals surface area contributed by atoms with Crippen molar-refractivity contribution >= 4 is 11.8 Å². The van der Waals surface area contributed by atoms with E-state index in [1.165, 1.54) is 25.1 Å². The van der Waals surface area contributed by atoms with Crippen LogP contribution >= 0.6 is 0 Å². The standard InChI is InChI=1S/C10H13N3O2/c1-10(3-4-10)6-11-8-7(9(14)15)2-5-12-13-8/h2,5H,3-4,6H2,1H3,(H,11,13)(H,14,15). The predicted octanol–water partition coefficient (Wildman–Crippen LogP) is 1.39. The molecule has 0 spiro atoms. The first-order chi connectivity index (χ1) is 7.11. The van der Waals surface area contributed by atoms with Gasteiger partial charge in [-0.1, -0.05) is 6.92 Å². The third-order valence-electron chi connectivity index (χ3n) is 2.74. The van der Waals surface area contributed by atoms with Crippen molar-refractivity contribution in [3.05, 3.63) is 17.8 Å². The number of nitrogens with one attached hydrogen (secondary N) is 1. The third-order valence-corrected chi connectivity index (χ3v) is 2.74. The Morgan fingerprint density at radius 1 is 1.67 bits per heavy atom. The van der Waals surface area contributed by atoms with Crippen molar-refractivity contribution in [3.8, 4) is 0 Å². The van der Waals surface area contributed by atoms with Crippen LogP contribution < -0.4 is 5.32 Å². The highest BCUT2D eigenvalue weighted by atomic mass is 16.4. The first kappa shape index (κ1) is 9.89. The highest BCUT2D eigenvalue weighted by molar-refractivity contribution is 5.92. The van der Waals surface area contributed by atoms with Gasteiger partial charge in [-0.3, -0.25) is 0 Å². The summed E-state index contributed by atoms with van der Waals surface area (Å²) in [5.74, 6) is -0.619. The third kappa shape index (κ3) is 2.23. The van der Waals surface area contributed by atoms with Gasteiger partial charge in [-0.2, -0.15) is 5.10 Å². The largest absolute Gasteiger partial charge is 0.478 e. The molecule has 1 aliphatic rings. The van der Waals surface area contributed by atoms with Gasteiger partial charge in [0, 0.05) is 6.54 Å². The number of anilines is 1. The number of rotatable bonds is 4. The van der Waals surface area contributed by atoms with E-state index in [1.54, 1.807) is 0 Å². The fourth-order valence-corrected chi connectivity index (χ4v) is 1.32. The molecule has 0 bridgehead atoms. The van der Waals surface area contributed by atoms with Gasteiger partial charge in [-0.15, -0.1) is 5.10 Å². The van der Waals surface area contributed by atoms with Crippen molar-refractivity contribution in [2.45, 2.75) is 19.8 Å². The van der Waals surface area contributed by atoms with Gasteiger partial charge in [0.25, 0.3) is 0 Å². The molecule has 1 aromatic rings. The van der Waals surface area contributed by atoms with Gasteiger partial charge in [0.2, 0.25) is 0 Å². The van der Waals surface area contributed by atoms with Crippen LogP contribution in [0.15, 0.2) is 12.3 Å². The molecule has 0 aromatic carbocycles. The van der Waals surface area contributed by atoms with Gasteiger partial charge >= 0.3 is 5.97 Å². The van der Waals surface area contributed by atoms with E-state index in [-0.39, 0.29) is 5.56 Å². The Balaban J connectivity index is 2.09. The number of hydrogen-bond donors (Lipinski definition) is 2. The Labute approximate surface area is 87.5 Å². The molecule has 2 rings (SSSR count). The van der Waals surface area contributed by atoms with Crippen LogP contribution in [0.1, 0.15) is 30.1 Å². The average molecular weight is 207 g/mol. The second-order valence-electron chi connectivity index (χ2n) is 4.26. The monoisotopic (exact) mass is 207 g/mol. The van der Waals surface area contributed by atoms with Crippen molar-refractivity contribution in [2.75, 3.05) is 11.9 Å². The number of carboxylic acid groups (broad SMARTS) is 1. The van der Waals surface area contributed by atoms with E-state index in [0.717, 1.165) is 6.54 Å². The molecule has 5 heteroatoms. The van der Waals surface area contributed by atoms with Crippen LogP contribution in [0.3, 0.4) is 0 Å². The van der Waals surface area contributed by atoms with Gasteiger partial charge in [0.15, 0.2) is 5.82 Å².